The SMILES string of the molecule is CN1CC2CN(C)CC(C1)C2(NCc1ccccc1)C(N)=O. The highest BCUT2D eigenvalue weighted by molar-refractivity contribution is 5.86. The minimum atomic E-state index is -0.588. The van der Waals surface area contributed by atoms with E-state index in [2.05, 4.69) is 41.3 Å². The van der Waals surface area contributed by atoms with Gasteiger partial charge in [0.2, 0.25) is 5.91 Å². The number of hydrogen-bond acceptors (Lipinski definition) is 4. The van der Waals surface area contributed by atoms with Gasteiger partial charge in [-0.2, -0.15) is 0 Å². The van der Waals surface area contributed by atoms with Crippen LogP contribution >= 0.6 is 0 Å². The van der Waals surface area contributed by atoms with Crippen molar-refractivity contribution in [3.05, 3.63) is 35.9 Å². The number of piperidine rings is 2. The lowest BCUT2D eigenvalue weighted by atomic mass is 9.67. The Bertz CT molecular complexity index is 503. The Balaban J connectivity index is 1.86. The zero-order valence-corrected chi connectivity index (χ0v) is 13.5. The van der Waals surface area contributed by atoms with E-state index in [0.29, 0.717) is 6.54 Å². The molecule has 3 rings (SSSR count). The van der Waals surface area contributed by atoms with Gasteiger partial charge in [-0.15, -0.1) is 0 Å². The van der Waals surface area contributed by atoms with Gasteiger partial charge < -0.3 is 15.5 Å². The number of nitrogens with zero attached hydrogens (tertiary/aromatic N) is 2. The minimum Gasteiger partial charge on any atom is -0.368 e. The monoisotopic (exact) mass is 302 g/mol. The Kier molecular flexibility index (Phi) is 4.21. The summed E-state index contributed by atoms with van der Waals surface area (Å²) in [4.78, 5) is 17.1. The number of benzene rings is 1. The third kappa shape index (κ3) is 2.64. The number of fused-ring (bicyclic) bond motifs is 2. The third-order valence-electron chi connectivity index (χ3n) is 5.25. The second kappa shape index (κ2) is 5.99. The van der Waals surface area contributed by atoms with Crippen LogP contribution in [0.3, 0.4) is 0 Å². The van der Waals surface area contributed by atoms with Crippen LogP contribution in [0.25, 0.3) is 0 Å². The van der Waals surface area contributed by atoms with Gasteiger partial charge in [-0.05, 0) is 19.7 Å². The summed E-state index contributed by atoms with van der Waals surface area (Å²) in [5.41, 5.74) is 6.51. The minimum absolute atomic E-state index is 0.195. The van der Waals surface area contributed by atoms with Crippen molar-refractivity contribution in [2.24, 2.45) is 17.6 Å². The first-order valence-electron chi connectivity index (χ1n) is 7.98. The summed E-state index contributed by atoms with van der Waals surface area (Å²) in [7, 11) is 4.26. The fourth-order valence-electron chi connectivity index (χ4n) is 4.30. The summed E-state index contributed by atoms with van der Waals surface area (Å²) < 4.78 is 0. The highest BCUT2D eigenvalue weighted by atomic mass is 16.1. The number of amides is 1. The molecule has 2 heterocycles. The number of primary amides is 1. The predicted molar refractivity (Wildman–Crippen MR) is 87.2 cm³/mol. The number of carbonyl (C=O) groups is 1. The molecule has 0 aliphatic carbocycles. The van der Waals surface area contributed by atoms with E-state index in [1.165, 1.54) is 5.56 Å². The van der Waals surface area contributed by atoms with Gasteiger partial charge in [-0.25, -0.2) is 0 Å². The number of nitrogens with one attached hydrogen (secondary N) is 1. The van der Waals surface area contributed by atoms with Gasteiger partial charge in [0.15, 0.2) is 0 Å². The highest BCUT2D eigenvalue weighted by Crippen LogP contribution is 2.37. The van der Waals surface area contributed by atoms with Crippen LogP contribution in [0.5, 0.6) is 0 Å². The van der Waals surface area contributed by atoms with Crippen LogP contribution in [0, 0.1) is 11.8 Å². The number of likely N-dealkylation sites (tertiary alicyclic amines) is 2. The summed E-state index contributed by atoms with van der Waals surface area (Å²) in [5.74, 6) is 0.270. The Morgan fingerprint density at radius 3 is 2.09 bits per heavy atom. The molecule has 2 aliphatic heterocycles. The normalized spacial score (nSPS) is 32.8. The lowest BCUT2D eigenvalue weighted by Gasteiger charge is -2.56. The Labute approximate surface area is 132 Å². The van der Waals surface area contributed by atoms with Gasteiger partial charge in [0.25, 0.3) is 0 Å². The van der Waals surface area contributed by atoms with Crippen LogP contribution in [-0.4, -0.2) is 61.5 Å². The predicted octanol–water partition coefficient (Wildman–Crippen LogP) is 0.124. The van der Waals surface area contributed by atoms with Crippen LogP contribution in [0.2, 0.25) is 0 Å². The molecule has 0 spiro atoms. The summed E-state index contributed by atoms with van der Waals surface area (Å²) in [6.07, 6.45) is 0. The molecular weight excluding hydrogens is 276 g/mol. The Hall–Kier alpha value is -1.43. The molecule has 0 radical (unpaired) electrons. The maximum Gasteiger partial charge on any atom is 0.238 e. The van der Waals surface area contributed by atoms with Crippen molar-refractivity contribution in [3.63, 3.8) is 0 Å². The van der Waals surface area contributed by atoms with E-state index in [4.69, 9.17) is 5.73 Å². The van der Waals surface area contributed by atoms with Crippen molar-refractivity contribution >= 4 is 5.91 Å². The Morgan fingerprint density at radius 1 is 1.14 bits per heavy atom. The van der Waals surface area contributed by atoms with Gasteiger partial charge >= 0.3 is 0 Å². The van der Waals surface area contributed by atoms with E-state index < -0.39 is 5.54 Å². The maximum atomic E-state index is 12.4. The molecule has 0 unspecified atom stereocenters. The average Bonchev–Trinajstić information content (AvgIpc) is 2.46. The van der Waals surface area contributed by atoms with Crippen molar-refractivity contribution in [1.82, 2.24) is 15.1 Å². The zero-order chi connectivity index (χ0) is 15.7. The standard InChI is InChI=1S/C17H26N4O/c1-20-9-14-11-21(2)12-15(10-20)17(14,16(18)22)19-8-13-6-4-3-5-7-13/h3-7,14-15,19H,8-12H2,1-2H3,(H2,18,22). The quantitative estimate of drug-likeness (QED) is 0.829. The second-order valence-corrected chi connectivity index (χ2v) is 6.91. The summed E-state index contributed by atoms with van der Waals surface area (Å²) >= 11 is 0. The molecule has 3 N–H and O–H groups in total. The number of carbonyl (C=O) groups excluding carboxylic acids is 1. The van der Waals surface area contributed by atoms with E-state index in [-0.39, 0.29) is 17.7 Å². The molecule has 1 aromatic carbocycles. The van der Waals surface area contributed by atoms with E-state index in [1.54, 1.807) is 0 Å². The third-order valence-corrected chi connectivity index (χ3v) is 5.25. The molecule has 2 bridgehead atoms. The summed E-state index contributed by atoms with van der Waals surface area (Å²) in [5, 5.41) is 3.57. The largest absolute Gasteiger partial charge is 0.368 e. The van der Waals surface area contributed by atoms with Crippen LogP contribution in [0.4, 0.5) is 0 Å². The van der Waals surface area contributed by atoms with Gasteiger partial charge in [0.05, 0.1) is 0 Å². The van der Waals surface area contributed by atoms with Crippen molar-refractivity contribution in [2.45, 2.75) is 12.1 Å². The molecule has 1 aromatic rings. The van der Waals surface area contributed by atoms with E-state index >= 15 is 0 Å². The van der Waals surface area contributed by atoms with E-state index in [1.807, 2.05) is 18.2 Å². The first kappa shape index (κ1) is 15.5. The van der Waals surface area contributed by atoms with Crippen molar-refractivity contribution < 1.29 is 4.79 Å². The fraction of sp³-hybridized carbons (Fsp3) is 0.588. The Morgan fingerprint density at radius 2 is 1.64 bits per heavy atom. The molecule has 0 atom stereocenters. The van der Waals surface area contributed by atoms with E-state index in [9.17, 15) is 4.79 Å². The molecule has 2 aliphatic rings. The number of hydrogen-bond donors (Lipinski definition) is 2. The van der Waals surface area contributed by atoms with E-state index in [0.717, 1.165) is 26.2 Å². The molecule has 5 heteroatoms. The molecular formula is C17H26N4O. The number of rotatable bonds is 4. The lowest BCUT2D eigenvalue weighted by molar-refractivity contribution is -0.139. The summed E-state index contributed by atoms with van der Waals surface area (Å²) in [6, 6.07) is 10.2. The number of nitrogens with two attached hydrogens (primary N) is 1. The second-order valence-electron chi connectivity index (χ2n) is 6.91. The first-order valence-corrected chi connectivity index (χ1v) is 7.98. The van der Waals surface area contributed by atoms with Crippen molar-refractivity contribution in [2.75, 3.05) is 40.3 Å². The molecule has 5 nitrogen and oxygen atoms in total. The first-order chi connectivity index (χ1) is 10.5. The molecule has 120 valence electrons. The fourth-order valence-corrected chi connectivity index (χ4v) is 4.30. The van der Waals surface area contributed by atoms with Gasteiger partial charge in [0, 0.05) is 44.6 Å². The van der Waals surface area contributed by atoms with Gasteiger partial charge in [-0.3, -0.25) is 10.1 Å². The van der Waals surface area contributed by atoms with Crippen LogP contribution in [0.1, 0.15) is 5.56 Å². The zero-order valence-electron chi connectivity index (χ0n) is 13.5. The molecule has 22 heavy (non-hydrogen) atoms. The molecule has 2 saturated heterocycles. The van der Waals surface area contributed by atoms with Crippen LogP contribution in [0.15, 0.2) is 30.3 Å². The molecule has 1 amide bonds. The summed E-state index contributed by atoms with van der Waals surface area (Å²) in [6.45, 7) is 4.32. The highest BCUT2D eigenvalue weighted by Gasteiger charge is 2.56. The topological polar surface area (TPSA) is 61.6 Å². The van der Waals surface area contributed by atoms with Gasteiger partial charge in [0.1, 0.15) is 5.54 Å². The average molecular weight is 302 g/mol. The lowest BCUT2D eigenvalue weighted by Crippen LogP contribution is -2.75. The van der Waals surface area contributed by atoms with Gasteiger partial charge in [-0.1, -0.05) is 30.3 Å². The van der Waals surface area contributed by atoms with Crippen molar-refractivity contribution in [3.8, 4) is 0 Å². The molecule has 0 saturated carbocycles. The molecule has 2 fully saturated rings. The smallest absolute Gasteiger partial charge is 0.238 e. The van der Waals surface area contributed by atoms with Crippen LogP contribution < -0.4 is 11.1 Å². The molecule has 0 aromatic heterocycles. The van der Waals surface area contributed by atoms with Crippen molar-refractivity contribution in [1.29, 1.82) is 0 Å². The van der Waals surface area contributed by atoms with Crippen LogP contribution in [-0.2, 0) is 11.3 Å². The maximum absolute atomic E-state index is 12.4.